The highest BCUT2D eigenvalue weighted by Gasteiger charge is 2.31. The molecule has 0 spiro atoms. The number of nitrogens with zero attached hydrogens (tertiary/aromatic N) is 3. The lowest BCUT2D eigenvalue weighted by Crippen LogP contribution is -2.37. The molecular weight excluding hydrogens is 250 g/mol. The Morgan fingerprint density at radius 1 is 1.56 bits per heavy atom. The molecule has 1 aliphatic heterocycles. The highest BCUT2D eigenvalue weighted by molar-refractivity contribution is 6.30. The summed E-state index contributed by atoms with van der Waals surface area (Å²) in [5.41, 5.74) is 1.03. The normalized spacial score (nSPS) is 24.9. The van der Waals surface area contributed by atoms with Crippen molar-refractivity contribution in [1.29, 1.82) is 0 Å². The van der Waals surface area contributed by atoms with Gasteiger partial charge in [-0.2, -0.15) is 0 Å². The molecule has 4 nitrogen and oxygen atoms in total. The number of hydrogen-bond donors (Lipinski definition) is 1. The van der Waals surface area contributed by atoms with Crippen LogP contribution in [0.2, 0.25) is 5.15 Å². The molecular formula is C13H20ClN3O. The van der Waals surface area contributed by atoms with E-state index in [1.165, 1.54) is 0 Å². The van der Waals surface area contributed by atoms with Gasteiger partial charge in [0, 0.05) is 37.4 Å². The van der Waals surface area contributed by atoms with Crippen molar-refractivity contribution in [3.8, 4) is 0 Å². The summed E-state index contributed by atoms with van der Waals surface area (Å²) >= 11 is 6.08. The average molecular weight is 270 g/mol. The third kappa shape index (κ3) is 3.42. The van der Waals surface area contributed by atoms with Crippen LogP contribution in [0.3, 0.4) is 0 Å². The largest absolute Gasteiger partial charge is 0.392 e. The molecule has 1 aliphatic rings. The fourth-order valence-corrected chi connectivity index (χ4v) is 2.70. The molecule has 1 N–H and O–H groups in total. The number of hydrogen-bond acceptors (Lipinski definition) is 4. The van der Waals surface area contributed by atoms with Gasteiger partial charge in [0.1, 0.15) is 5.15 Å². The first-order valence-corrected chi connectivity index (χ1v) is 6.60. The van der Waals surface area contributed by atoms with Crippen LogP contribution >= 0.6 is 11.6 Å². The van der Waals surface area contributed by atoms with Gasteiger partial charge in [0.25, 0.3) is 0 Å². The summed E-state index contributed by atoms with van der Waals surface area (Å²) < 4.78 is 0. The molecule has 5 heteroatoms. The molecule has 100 valence electrons. The third-order valence-electron chi connectivity index (χ3n) is 3.29. The quantitative estimate of drug-likeness (QED) is 0.835. The average Bonchev–Trinajstić information content (AvgIpc) is 2.61. The first-order valence-electron chi connectivity index (χ1n) is 6.22. The number of halogens is 1. The molecule has 1 saturated heterocycles. The van der Waals surface area contributed by atoms with Crippen molar-refractivity contribution >= 4 is 11.6 Å². The molecule has 0 saturated carbocycles. The van der Waals surface area contributed by atoms with Crippen molar-refractivity contribution in [1.82, 2.24) is 14.8 Å². The van der Waals surface area contributed by atoms with E-state index in [4.69, 9.17) is 11.6 Å². The van der Waals surface area contributed by atoms with Crippen LogP contribution in [0.15, 0.2) is 18.3 Å². The zero-order valence-corrected chi connectivity index (χ0v) is 11.6. The Morgan fingerprint density at radius 2 is 2.33 bits per heavy atom. The molecule has 2 heterocycles. The molecule has 0 aromatic carbocycles. The van der Waals surface area contributed by atoms with Gasteiger partial charge in [0.2, 0.25) is 0 Å². The lowest BCUT2D eigenvalue weighted by molar-refractivity contribution is 0.169. The highest BCUT2D eigenvalue weighted by Crippen LogP contribution is 2.23. The summed E-state index contributed by atoms with van der Waals surface area (Å²) in [6, 6.07) is 4.27. The second-order valence-corrected chi connectivity index (χ2v) is 5.55. The van der Waals surface area contributed by atoms with Gasteiger partial charge in [0.15, 0.2) is 0 Å². The second-order valence-electron chi connectivity index (χ2n) is 5.19. The molecule has 1 aromatic rings. The predicted molar refractivity (Wildman–Crippen MR) is 72.6 cm³/mol. The number of β-amino-alcohol motifs (C(OH)–C–C–N with tert-alkyl or cyclic N) is 1. The van der Waals surface area contributed by atoms with E-state index in [-0.39, 0.29) is 6.10 Å². The van der Waals surface area contributed by atoms with Gasteiger partial charge in [-0.15, -0.1) is 0 Å². The Morgan fingerprint density at radius 3 is 3.00 bits per heavy atom. The van der Waals surface area contributed by atoms with E-state index in [9.17, 15) is 5.11 Å². The van der Waals surface area contributed by atoms with Crippen molar-refractivity contribution in [2.45, 2.75) is 25.1 Å². The molecule has 1 fully saturated rings. The molecule has 2 rings (SSSR count). The Balaban J connectivity index is 2.05. The van der Waals surface area contributed by atoms with Crippen molar-refractivity contribution in [2.24, 2.45) is 0 Å². The van der Waals surface area contributed by atoms with Crippen molar-refractivity contribution < 1.29 is 5.11 Å². The van der Waals surface area contributed by atoms with Crippen LogP contribution in [-0.2, 0) is 6.54 Å². The summed E-state index contributed by atoms with van der Waals surface area (Å²) in [6.45, 7) is 2.42. The van der Waals surface area contributed by atoms with E-state index in [0.29, 0.717) is 17.7 Å². The van der Waals surface area contributed by atoms with Crippen LogP contribution < -0.4 is 0 Å². The Labute approximate surface area is 113 Å². The number of aromatic nitrogens is 1. The number of likely N-dealkylation sites (tertiary alicyclic amines) is 1. The number of aliphatic hydroxyl groups excluding tert-OH is 1. The van der Waals surface area contributed by atoms with Gasteiger partial charge in [-0.3, -0.25) is 4.90 Å². The van der Waals surface area contributed by atoms with Crippen LogP contribution in [0.5, 0.6) is 0 Å². The van der Waals surface area contributed by atoms with Crippen LogP contribution in [0.25, 0.3) is 0 Å². The Hall–Kier alpha value is -0.680. The summed E-state index contributed by atoms with van der Waals surface area (Å²) in [5.74, 6) is 0. The minimum Gasteiger partial charge on any atom is -0.392 e. The van der Waals surface area contributed by atoms with E-state index >= 15 is 0 Å². The van der Waals surface area contributed by atoms with Gasteiger partial charge >= 0.3 is 0 Å². The molecule has 0 bridgehead atoms. The van der Waals surface area contributed by atoms with Crippen LogP contribution in [0.4, 0.5) is 0 Å². The second kappa shape index (κ2) is 5.97. The monoisotopic (exact) mass is 269 g/mol. The Bertz CT molecular complexity index is 400. The molecule has 0 aliphatic carbocycles. The van der Waals surface area contributed by atoms with Gasteiger partial charge < -0.3 is 10.0 Å². The summed E-state index contributed by atoms with van der Waals surface area (Å²) in [5, 5.41) is 10.4. The van der Waals surface area contributed by atoms with Crippen molar-refractivity contribution in [3.63, 3.8) is 0 Å². The lowest BCUT2D eigenvalue weighted by atomic mass is 10.2. The zero-order valence-electron chi connectivity index (χ0n) is 10.9. The maximum absolute atomic E-state index is 9.82. The van der Waals surface area contributed by atoms with Crippen LogP contribution in [0, 0.1) is 0 Å². The fraction of sp³-hybridized carbons (Fsp3) is 0.615. The van der Waals surface area contributed by atoms with E-state index < -0.39 is 0 Å². The standard InChI is InChI=1S/C13H20ClN3O/c1-16(2)8-11-6-12(18)9-17(11)7-10-4-3-5-15-13(10)14/h3-5,11-12,18H,6-9H2,1-2H3. The molecule has 0 amide bonds. The van der Waals surface area contributed by atoms with Crippen LogP contribution in [-0.4, -0.2) is 59.2 Å². The maximum atomic E-state index is 9.82. The van der Waals surface area contributed by atoms with Crippen LogP contribution in [0.1, 0.15) is 12.0 Å². The van der Waals surface area contributed by atoms with Gasteiger partial charge in [0.05, 0.1) is 6.10 Å². The van der Waals surface area contributed by atoms with Gasteiger partial charge in [-0.25, -0.2) is 4.98 Å². The van der Waals surface area contributed by atoms with E-state index in [2.05, 4.69) is 28.9 Å². The Kier molecular flexibility index (Phi) is 4.56. The van der Waals surface area contributed by atoms with Gasteiger partial charge in [-0.1, -0.05) is 17.7 Å². The first-order chi connectivity index (χ1) is 8.56. The minimum atomic E-state index is -0.231. The first kappa shape index (κ1) is 13.7. The molecule has 0 radical (unpaired) electrons. The fourth-order valence-electron chi connectivity index (χ4n) is 2.52. The van der Waals surface area contributed by atoms with Crippen molar-refractivity contribution in [3.05, 3.63) is 29.0 Å². The topological polar surface area (TPSA) is 39.6 Å². The lowest BCUT2D eigenvalue weighted by Gasteiger charge is -2.26. The summed E-state index contributed by atoms with van der Waals surface area (Å²) in [7, 11) is 4.11. The van der Waals surface area contributed by atoms with Gasteiger partial charge in [-0.05, 0) is 26.6 Å². The van der Waals surface area contributed by atoms with E-state index in [1.54, 1.807) is 6.20 Å². The van der Waals surface area contributed by atoms with E-state index in [1.807, 2.05) is 12.1 Å². The SMILES string of the molecule is CN(C)CC1CC(O)CN1Cc1cccnc1Cl. The van der Waals surface area contributed by atoms with Crippen molar-refractivity contribution in [2.75, 3.05) is 27.2 Å². The molecule has 18 heavy (non-hydrogen) atoms. The number of aliphatic hydroxyl groups is 1. The third-order valence-corrected chi connectivity index (χ3v) is 3.63. The molecule has 2 unspecified atom stereocenters. The maximum Gasteiger partial charge on any atom is 0.133 e. The number of likely N-dealkylation sites (N-methyl/N-ethyl adjacent to an activating group) is 1. The van der Waals surface area contributed by atoms with E-state index in [0.717, 1.165) is 25.1 Å². The summed E-state index contributed by atoms with van der Waals surface area (Å²) in [6.07, 6.45) is 2.29. The number of pyridine rings is 1. The smallest absolute Gasteiger partial charge is 0.133 e. The molecule has 1 aromatic heterocycles. The predicted octanol–water partition coefficient (Wildman–Crippen LogP) is 1.23. The summed E-state index contributed by atoms with van der Waals surface area (Å²) in [4.78, 5) is 8.53. The zero-order chi connectivity index (χ0) is 13.1. The number of rotatable bonds is 4. The minimum absolute atomic E-state index is 0.231. The highest BCUT2D eigenvalue weighted by atomic mass is 35.5. The molecule has 2 atom stereocenters.